The summed E-state index contributed by atoms with van der Waals surface area (Å²) in [6, 6.07) is 7.49. The topological polar surface area (TPSA) is 86.4 Å². The number of piperidine rings is 1. The maximum Gasteiger partial charge on any atom is 0.416 e. The third kappa shape index (κ3) is 3.67. The zero-order valence-electron chi connectivity index (χ0n) is 18.1. The SMILES string of the molecule is CC(C)(C)OC(=O)N1C(=N)[C@@](C)(C#N)C[C@@H]2C(C(C)(F)F)OC[C@@]21c1ccccc1F. The quantitative estimate of drug-likeness (QED) is 0.717. The number of benzene rings is 1. The van der Waals surface area contributed by atoms with E-state index >= 15 is 4.39 Å². The lowest BCUT2D eigenvalue weighted by molar-refractivity contribution is -0.120. The van der Waals surface area contributed by atoms with Crippen molar-refractivity contribution in [3.8, 4) is 6.07 Å². The monoisotopic (exact) mass is 437 g/mol. The van der Waals surface area contributed by atoms with Crippen molar-refractivity contribution in [3.63, 3.8) is 0 Å². The standard InChI is InChI=1S/C22H26F3N3O3/c1-19(2,3)31-18(29)28-17(27)20(4,11-26)10-14-16(21(5,24)25)30-12-22(14,28)13-8-6-7-9-15(13)23/h6-9,14,16,27H,10,12H2,1-5H3/t14-,16?,20-,22-/m1/s1. The number of alkyl halides is 2. The molecule has 2 heterocycles. The number of carbonyl (C=O) groups is 1. The van der Waals surface area contributed by atoms with Crippen LogP contribution in [-0.2, 0) is 15.0 Å². The molecule has 0 bridgehead atoms. The molecule has 0 aliphatic carbocycles. The van der Waals surface area contributed by atoms with Gasteiger partial charge in [-0.15, -0.1) is 0 Å². The van der Waals surface area contributed by atoms with E-state index in [2.05, 4.69) is 0 Å². The molecule has 1 unspecified atom stereocenters. The second-order valence-electron chi connectivity index (χ2n) is 9.51. The zero-order chi connectivity index (χ0) is 23.4. The van der Waals surface area contributed by atoms with E-state index in [1.54, 1.807) is 20.8 Å². The predicted molar refractivity (Wildman–Crippen MR) is 106 cm³/mol. The number of ether oxygens (including phenoxy) is 2. The summed E-state index contributed by atoms with van der Waals surface area (Å²) < 4.78 is 55.1. The molecule has 2 saturated heterocycles. The molecule has 168 valence electrons. The number of carbonyl (C=O) groups excluding carboxylic acids is 1. The van der Waals surface area contributed by atoms with Crippen LogP contribution in [0.25, 0.3) is 0 Å². The predicted octanol–water partition coefficient (Wildman–Crippen LogP) is 4.84. The van der Waals surface area contributed by atoms with Crippen molar-refractivity contribution in [1.29, 1.82) is 10.7 Å². The summed E-state index contributed by atoms with van der Waals surface area (Å²) >= 11 is 0. The van der Waals surface area contributed by atoms with Gasteiger partial charge in [-0.3, -0.25) is 10.3 Å². The number of fused-ring (bicyclic) bond motifs is 1. The van der Waals surface area contributed by atoms with Crippen molar-refractivity contribution in [2.75, 3.05) is 6.61 Å². The van der Waals surface area contributed by atoms with Gasteiger partial charge in [0.2, 0.25) is 0 Å². The Balaban J connectivity index is 2.31. The number of amides is 1. The molecule has 1 aromatic carbocycles. The highest BCUT2D eigenvalue weighted by Gasteiger charge is 2.68. The highest BCUT2D eigenvalue weighted by Crippen LogP contribution is 2.57. The maximum absolute atomic E-state index is 15.0. The van der Waals surface area contributed by atoms with Gasteiger partial charge < -0.3 is 9.47 Å². The maximum atomic E-state index is 15.0. The number of nitrogens with zero attached hydrogens (tertiary/aromatic N) is 2. The van der Waals surface area contributed by atoms with Crippen molar-refractivity contribution < 1.29 is 27.4 Å². The Kier molecular flexibility index (Phi) is 5.38. The molecule has 0 radical (unpaired) electrons. The van der Waals surface area contributed by atoms with Crippen molar-refractivity contribution in [2.45, 2.75) is 64.2 Å². The van der Waals surface area contributed by atoms with Gasteiger partial charge in [0, 0.05) is 18.4 Å². The number of amidine groups is 1. The van der Waals surface area contributed by atoms with Crippen LogP contribution in [0.5, 0.6) is 0 Å². The molecule has 9 heteroatoms. The van der Waals surface area contributed by atoms with E-state index in [1.165, 1.54) is 25.1 Å². The Morgan fingerprint density at radius 2 is 1.94 bits per heavy atom. The van der Waals surface area contributed by atoms with Crippen LogP contribution >= 0.6 is 0 Å². The smallest absolute Gasteiger partial charge is 0.416 e. The van der Waals surface area contributed by atoms with E-state index in [4.69, 9.17) is 14.9 Å². The molecule has 1 aromatic rings. The highest BCUT2D eigenvalue weighted by molar-refractivity contribution is 6.00. The molecule has 2 aliphatic heterocycles. The van der Waals surface area contributed by atoms with Crippen molar-refractivity contribution in [2.24, 2.45) is 11.3 Å². The molecular formula is C22H26F3N3O3. The van der Waals surface area contributed by atoms with E-state index in [1.807, 2.05) is 6.07 Å². The molecule has 1 N–H and O–H groups in total. The molecule has 0 aromatic heterocycles. The normalized spacial score (nSPS) is 31.2. The number of nitrogens with one attached hydrogen (secondary N) is 1. The summed E-state index contributed by atoms with van der Waals surface area (Å²) in [6.45, 7) is 6.48. The van der Waals surface area contributed by atoms with E-state index in [0.29, 0.717) is 6.92 Å². The van der Waals surface area contributed by atoms with Crippen molar-refractivity contribution >= 4 is 11.9 Å². The minimum Gasteiger partial charge on any atom is -0.443 e. The van der Waals surface area contributed by atoms with E-state index in [9.17, 15) is 18.8 Å². The summed E-state index contributed by atoms with van der Waals surface area (Å²) in [4.78, 5) is 14.2. The van der Waals surface area contributed by atoms with Gasteiger partial charge in [-0.25, -0.2) is 18.0 Å². The van der Waals surface area contributed by atoms with Gasteiger partial charge in [0.25, 0.3) is 5.92 Å². The zero-order valence-corrected chi connectivity index (χ0v) is 18.1. The van der Waals surface area contributed by atoms with Crippen LogP contribution in [0.3, 0.4) is 0 Å². The molecular weight excluding hydrogens is 411 g/mol. The van der Waals surface area contributed by atoms with Gasteiger partial charge in [0.1, 0.15) is 34.3 Å². The highest BCUT2D eigenvalue weighted by atomic mass is 19.3. The van der Waals surface area contributed by atoms with Gasteiger partial charge in [-0.1, -0.05) is 18.2 Å². The van der Waals surface area contributed by atoms with Gasteiger partial charge in [-0.05, 0) is 40.2 Å². The fourth-order valence-corrected chi connectivity index (χ4v) is 4.55. The first-order valence-corrected chi connectivity index (χ1v) is 9.95. The fourth-order valence-electron chi connectivity index (χ4n) is 4.55. The Morgan fingerprint density at radius 3 is 2.45 bits per heavy atom. The van der Waals surface area contributed by atoms with Crippen molar-refractivity contribution in [1.82, 2.24) is 4.90 Å². The first kappa shape index (κ1) is 23.1. The molecule has 2 aliphatic rings. The molecule has 6 nitrogen and oxygen atoms in total. The summed E-state index contributed by atoms with van der Waals surface area (Å²) in [7, 11) is 0. The molecule has 31 heavy (non-hydrogen) atoms. The first-order valence-electron chi connectivity index (χ1n) is 9.95. The van der Waals surface area contributed by atoms with Crippen LogP contribution in [0, 0.1) is 33.9 Å². The largest absolute Gasteiger partial charge is 0.443 e. The summed E-state index contributed by atoms with van der Waals surface area (Å²) in [6.07, 6.45) is -2.90. The van der Waals surface area contributed by atoms with Crippen LogP contribution in [-0.4, -0.2) is 41.1 Å². The first-order chi connectivity index (χ1) is 14.2. The minimum atomic E-state index is -3.33. The Morgan fingerprint density at radius 1 is 1.32 bits per heavy atom. The molecule has 2 fully saturated rings. The second-order valence-corrected chi connectivity index (χ2v) is 9.51. The van der Waals surface area contributed by atoms with Crippen LogP contribution in [0.4, 0.5) is 18.0 Å². The van der Waals surface area contributed by atoms with Crippen LogP contribution in [0.2, 0.25) is 0 Å². The van der Waals surface area contributed by atoms with Crippen molar-refractivity contribution in [3.05, 3.63) is 35.6 Å². The summed E-state index contributed by atoms with van der Waals surface area (Å²) in [5, 5.41) is 18.5. The number of halogens is 3. The number of nitriles is 1. The van der Waals surface area contributed by atoms with Gasteiger partial charge in [0.15, 0.2) is 0 Å². The molecule has 4 atom stereocenters. The third-order valence-electron chi connectivity index (χ3n) is 5.90. The van der Waals surface area contributed by atoms with E-state index < -0.39 is 58.9 Å². The number of likely N-dealkylation sites (tertiary alicyclic amines) is 1. The lowest BCUT2D eigenvalue weighted by Crippen LogP contribution is -2.66. The van der Waals surface area contributed by atoms with E-state index in [0.717, 1.165) is 11.0 Å². The third-order valence-corrected chi connectivity index (χ3v) is 5.90. The summed E-state index contributed by atoms with van der Waals surface area (Å²) in [5.74, 6) is -5.64. The molecule has 0 spiro atoms. The van der Waals surface area contributed by atoms with Crippen LogP contribution in [0.15, 0.2) is 24.3 Å². The lowest BCUT2D eigenvalue weighted by atomic mass is 9.63. The second kappa shape index (κ2) is 7.23. The summed E-state index contributed by atoms with van der Waals surface area (Å²) in [5.41, 5.74) is -4.36. The van der Waals surface area contributed by atoms with Gasteiger partial charge >= 0.3 is 6.09 Å². The minimum absolute atomic E-state index is 0.0534. The van der Waals surface area contributed by atoms with Gasteiger partial charge in [-0.2, -0.15) is 5.26 Å². The van der Waals surface area contributed by atoms with E-state index in [-0.39, 0.29) is 12.0 Å². The van der Waals surface area contributed by atoms with Crippen LogP contribution < -0.4 is 0 Å². The number of hydrogen-bond acceptors (Lipinski definition) is 5. The Bertz CT molecular complexity index is 950. The van der Waals surface area contributed by atoms with Gasteiger partial charge in [0.05, 0.1) is 12.7 Å². The average Bonchev–Trinajstić information content (AvgIpc) is 3.00. The van der Waals surface area contributed by atoms with Crippen LogP contribution in [0.1, 0.15) is 46.6 Å². The molecule has 3 rings (SSSR count). The molecule has 1 amide bonds. The lowest BCUT2D eigenvalue weighted by Gasteiger charge is -2.52. The number of rotatable bonds is 2. The Labute approximate surface area is 179 Å². The Hall–Kier alpha value is -2.60. The molecule has 0 saturated carbocycles. The average molecular weight is 437 g/mol. The fraction of sp³-hybridized carbons (Fsp3) is 0.591. The number of hydrogen-bond donors (Lipinski definition) is 1.